The third kappa shape index (κ3) is 4.94. The number of benzene rings is 1. The lowest BCUT2D eigenvalue weighted by Crippen LogP contribution is -2.51. The molecule has 1 amide bonds. The SMILES string of the molecule is CCOC(=O)Cc1csc(NC(=O)CN2C3CCC2CC(O)(c2cccc(F)c2)C3)n1. The second-order valence-corrected chi connectivity index (χ2v) is 9.04. The fourth-order valence-electron chi connectivity index (χ4n) is 4.72. The topological polar surface area (TPSA) is 91.8 Å². The Kier molecular flexibility index (Phi) is 6.36. The summed E-state index contributed by atoms with van der Waals surface area (Å²) in [7, 11) is 0. The summed E-state index contributed by atoms with van der Waals surface area (Å²) in [5, 5.41) is 16.2. The minimum atomic E-state index is -1.07. The maximum Gasteiger partial charge on any atom is 0.311 e. The van der Waals surface area contributed by atoms with Gasteiger partial charge in [-0.3, -0.25) is 14.5 Å². The van der Waals surface area contributed by atoms with Gasteiger partial charge in [-0.15, -0.1) is 11.3 Å². The number of hydrogen-bond acceptors (Lipinski definition) is 7. The van der Waals surface area contributed by atoms with Gasteiger partial charge in [0.05, 0.1) is 30.9 Å². The third-order valence-corrected chi connectivity index (χ3v) is 6.84. The van der Waals surface area contributed by atoms with Gasteiger partial charge >= 0.3 is 5.97 Å². The molecule has 1 aromatic heterocycles. The van der Waals surface area contributed by atoms with Gasteiger partial charge in [0.1, 0.15) is 5.82 Å². The largest absolute Gasteiger partial charge is 0.466 e. The Bertz CT molecular complexity index is 952. The fourth-order valence-corrected chi connectivity index (χ4v) is 5.44. The number of carbonyl (C=O) groups excluding carboxylic acids is 2. The minimum Gasteiger partial charge on any atom is -0.466 e. The van der Waals surface area contributed by atoms with Crippen molar-refractivity contribution in [1.29, 1.82) is 0 Å². The number of piperidine rings is 1. The van der Waals surface area contributed by atoms with Crippen molar-refractivity contribution in [1.82, 2.24) is 9.88 Å². The number of anilines is 1. The summed E-state index contributed by atoms with van der Waals surface area (Å²) in [6.07, 6.45) is 2.82. The Labute approximate surface area is 184 Å². The Hall–Kier alpha value is -2.36. The van der Waals surface area contributed by atoms with Crippen LogP contribution in [0.15, 0.2) is 29.6 Å². The molecule has 31 heavy (non-hydrogen) atoms. The van der Waals surface area contributed by atoms with E-state index in [1.807, 2.05) is 0 Å². The first-order chi connectivity index (χ1) is 14.9. The first-order valence-electron chi connectivity index (χ1n) is 10.5. The predicted octanol–water partition coefficient (Wildman–Crippen LogP) is 2.84. The molecule has 0 spiro atoms. The van der Waals surface area contributed by atoms with E-state index < -0.39 is 5.60 Å². The number of nitrogens with one attached hydrogen (secondary N) is 1. The quantitative estimate of drug-likeness (QED) is 0.635. The molecule has 1 aromatic carbocycles. The summed E-state index contributed by atoms with van der Waals surface area (Å²) in [4.78, 5) is 30.6. The molecule has 166 valence electrons. The molecular weight excluding hydrogens is 421 g/mol. The molecule has 2 saturated heterocycles. The van der Waals surface area contributed by atoms with Gasteiger partial charge in [0, 0.05) is 17.5 Å². The lowest BCUT2D eigenvalue weighted by molar-refractivity contribution is -0.142. The van der Waals surface area contributed by atoms with Gasteiger partial charge in [-0.2, -0.15) is 0 Å². The van der Waals surface area contributed by atoms with E-state index in [1.54, 1.807) is 24.4 Å². The maximum atomic E-state index is 13.7. The molecule has 9 heteroatoms. The van der Waals surface area contributed by atoms with Crippen LogP contribution in [0.5, 0.6) is 0 Å². The van der Waals surface area contributed by atoms with E-state index in [2.05, 4.69) is 15.2 Å². The number of ether oxygens (including phenoxy) is 1. The van der Waals surface area contributed by atoms with Gasteiger partial charge in [0.15, 0.2) is 5.13 Å². The summed E-state index contributed by atoms with van der Waals surface area (Å²) >= 11 is 1.27. The standard InChI is InChI=1S/C22H26FN3O4S/c1-2-30-20(28)9-16-13-31-21(24-16)25-19(27)12-26-17-6-7-18(26)11-22(29,10-17)14-4-3-5-15(23)8-14/h3-5,8,13,17-18,29H,2,6-7,9-12H2,1H3,(H,24,25,27). The van der Waals surface area contributed by atoms with Crippen molar-refractivity contribution in [2.24, 2.45) is 0 Å². The average Bonchev–Trinajstić information content (AvgIpc) is 3.23. The zero-order valence-electron chi connectivity index (χ0n) is 17.3. The molecular formula is C22H26FN3O4S. The van der Waals surface area contributed by atoms with Crippen LogP contribution in [0.25, 0.3) is 0 Å². The van der Waals surface area contributed by atoms with Gasteiger partial charge in [0.2, 0.25) is 5.91 Å². The zero-order chi connectivity index (χ0) is 22.0. The van der Waals surface area contributed by atoms with Crippen LogP contribution in [0.1, 0.15) is 43.9 Å². The Morgan fingerprint density at radius 3 is 2.77 bits per heavy atom. The van der Waals surface area contributed by atoms with Crippen molar-refractivity contribution >= 4 is 28.3 Å². The number of halogens is 1. The van der Waals surface area contributed by atoms with Crippen molar-refractivity contribution in [2.45, 2.75) is 56.7 Å². The van der Waals surface area contributed by atoms with Gasteiger partial charge in [-0.05, 0) is 50.3 Å². The van der Waals surface area contributed by atoms with E-state index in [-0.39, 0.29) is 42.7 Å². The minimum absolute atomic E-state index is 0.0634. The van der Waals surface area contributed by atoms with Crippen LogP contribution in [-0.2, 0) is 26.3 Å². The first kappa shape index (κ1) is 21.9. The predicted molar refractivity (Wildman–Crippen MR) is 114 cm³/mol. The average molecular weight is 448 g/mol. The summed E-state index contributed by atoms with van der Waals surface area (Å²) in [5.74, 6) is -0.877. The molecule has 2 atom stereocenters. The van der Waals surface area contributed by atoms with Crippen molar-refractivity contribution in [3.63, 3.8) is 0 Å². The normalized spacial score (nSPS) is 25.4. The number of aliphatic hydroxyl groups is 1. The summed E-state index contributed by atoms with van der Waals surface area (Å²) in [6, 6.07) is 6.29. The number of esters is 1. The second kappa shape index (κ2) is 9.02. The Morgan fingerprint density at radius 1 is 1.35 bits per heavy atom. The number of thiazole rings is 1. The molecule has 2 aliphatic heterocycles. The lowest BCUT2D eigenvalue weighted by Gasteiger charge is -2.43. The molecule has 2 unspecified atom stereocenters. The molecule has 3 heterocycles. The van der Waals surface area contributed by atoms with Gasteiger partial charge in [0.25, 0.3) is 0 Å². The van der Waals surface area contributed by atoms with Crippen LogP contribution < -0.4 is 5.32 Å². The number of nitrogens with zero attached hydrogens (tertiary/aromatic N) is 2. The molecule has 0 aliphatic carbocycles. The molecule has 2 aromatic rings. The third-order valence-electron chi connectivity index (χ3n) is 6.03. The van der Waals surface area contributed by atoms with E-state index in [9.17, 15) is 19.1 Å². The van der Waals surface area contributed by atoms with Crippen molar-refractivity contribution < 1.29 is 23.8 Å². The summed E-state index contributed by atoms with van der Waals surface area (Å²) < 4.78 is 18.6. The number of aromatic nitrogens is 1. The van der Waals surface area contributed by atoms with Gasteiger partial charge < -0.3 is 15.2 Å². The smallest absolute Gasteiger partial charge is 0.311 e. The Morgan fingerprint density at radius 2 is 2.10 bits per heavy atom. The van der Waals surface area contributed by atoms with Crippen LogP contribution in [0, 0.1) is 5.82 Å². The number of fused-ring (bicyclic) bond motifs is 2. The van der Waals surface area contributed by atoms with Gasteiger partial charge in [-0.25, -0.2) is 9.37 Å². The number of carbonyl (C=O) groups is 2. The maximum absolute atomic E-state index is 13.7. The molecule has 4 rings (SSSR count). The van der Waals surface area contributed by atoms with Crippen LogP contribution in [0.4, 0.5) is 9.52 Å². The van der Waals surface area contributed by atoms with Crippen molar-refractivity contribution in [2.75, 3.05) is 18.5 Å². The molecule has 2 aliphatic rings. The van der Waals surface area contributed by atoms with Crippen LogP contribution in [0.3, 0.4) is 0 Å². The fraction of sp³-hybridized carbons (Fsp3) is 0.500. The van der Waals surface area contributed by atoms with E-state index >= 15 is 0 Å². The molecule has 0 radical (unpaired) electrons. The molecule has 2 fully saturated rings. The second-order valence-electron chi connectivity index (χ2n) is 8.18. The van der Waals surface area contributed by atoms with E-state index in [0.717, 1.165) is 12.8 Å². The van der Waals surface area contributed by atoms with Crippen LogP contribution in [-0.4, -0.2) is 52.1 Å². The number of amides is 1. The van der Waals surface area contributed by atoms with Crippen LogP contribution in [0.2, 0.25) is 0 Å². The Balaban J connectivity index is 1.35. The van der Waals surface area contributed by atoms with Crippen LogP contribution >= 0.6 is 11.3 Å². The van der Waals surface area contributed by atoms with Crippen molar-refractivity contribution in [3.8, 4) is 0 Å². The molecule has 2 N–H and O–H groups in total. The summed E-state index contributed by atoms with van der Waals surface area (Å²) in [5.41, 5.74) is 0.0976. The van der Waals surface area contributed by atoms with E-state index in [1.165, 1.54) is 23.5 Å². The monoisotopic (exact) mass is 447 g/mol. The first-order valence-corrected chi connectivity index (χ1v) is 11.4. The van der Waals surface area contributed by atoms with Gasteiger partial charge in [-0.1, -0.05) is 12.1 Å². The molecule has 2 bridgehead atoms. The zero-order valence-corrected chi connectivity index (χ0v) is 18.2. The summed E-state index contributed by atoms with van der Waals surface area (Å²) in [6.45, 7) is 2.28. The van der Waals surface area contributed by atoms with E-state index in [4.69, 9.17) is 4.74 Å². The molecule has 7 nitrogen and oxygen atoms in total. The van der Waals surface area contributed by atoms with Crippen molar-refractivity contribution in [3.05, 3.63) is 46.7 Å². The highest BCUT2D eigenvalue weighted by atomic mass is 32.1. The highest BCUT2D eigenvalue weighted by molar-refractivity contribution is 7.13. The highest BCUT2D eigenvalue weighted by Gasteiger charge is 2.48. The highest BCUT2D eigenvalue weighted by Crippen LogP contribution is 2.45. The van der Waals surface area contributed by atoms with E-state index in [0.29, 0.717) is 35.8 Å². The number of hydrogen-bond donors (Lipinski definition) is 2. The number of rotatable bonds is 7. The molecule has 0 saturated carbocycles. The lowest BCUT2D eigenvalue weighted by atomic mass is 9.80.